The average Bonchev–Trinajstić information content (AvgIpc) is 2.93. The molecule has 4 aromatic rings. The zero-order valence-electron chi connectivity index (χ0n) is 14.7. The molecule has 8 heteroatoms. The van der Waals surface area contributed by atoms with Crippen LogP contribution in [0.1, 0.15) is 11.3 Å². The molecule has 2 heterocycles. The van der Waals surface area contributed by atoms with Crippen LogP contribution in [-0.2, 0) is 11.2 Å². The minimum atomic E-state index is -1.00. The van der Waals surface area contributed by atoms with Crippen molar-refractivity contribution < 1.29 is 14.9 Å². The van der Waals surface area contributed by atoms with E-state index in [1.807, 2.05) is 6.07 Å². The summed E-state index contributed by atoms with van der Waals surface area (Å²) in [5.41, 5.74) is 3.31. The Balaban J connectivity index is 2.17. The van der Waals surface area contributed by atoms with Crippen molar-refractivity contribution in [3.63, 3.8) is 0 Å². The molecule has 0 saturated heterocycles. The molecule has 2 aromatic carbocycles. The molecule has 0 aliphatic heterocycles. The number of fused-ring (bicyclic) bond motifs is 2. The molecule has 0 aliphatic carbocycles. The Kier molecular flexibility index (Phi) is 4.24. The van der Waals surface area contributed by atoms with Gasteiger partial charge in [-0.05, 0) is 42.3 Å². The van der Waals surface area contributed by atoms with Crippen molar-refractivity contribution in [1.29, 1.82) is 0 Å². The van der Waals surface area contributed by atoms with Crippen LogP contribution in [-0.4, -0.2) is 25.8 Å². The van der Waals surface area contributed by atoms with Gasteiger partial charge in [-0.15, -0.1) is 0 Å². The van der Waals surface area contributed by atoms with Crippen molar-refractivity contribution in [2.45, 2.75) is 13.3 Å². The maximum atomic E-state index is 11.7. The van der Waals surface area contributed by atoms with Crippen LogP contribution in [0.15, 0.2) is 48.7 Å². The van der Waals surface area contributed by atoms with Crippen LogP contribution in [0.2, 0.25) is 5.02 Å². The Bertz CT molecular complexity index is 1280. The monoisotopic (exact) mass is 395 g/mol. The van der Waals surface area contributed by atoms with Crippen LogP contribution in [0.3, 0.4) is 0 Å². The molecule has 0 fully saturated rings. The lowest BCUT2D eigenvalue weighted by atomic mass is 9.95. The van der Waals surface area contributed by atoms with Gasteiger partial charge in [0, 0.05) is 27.6 Å². The fourth-order valence-corrected chi connectivity index (χ4v) is 3.88. The van der Waals surface area contributed by atoms with Crippen molar-refractivity contribution in [3.05, 3.63) is 75.1 Å². The van der Waals surface area contributed by atoms with Gasteiger partial charge in [0.1, 0.15) is 5.52 Å². The molecule has 2 aromatic heterocycles. The maximum Gasteiger partial charge on any atom is 0.307 e. The summed E-state index contributed by atoms with van der Waals surface area (Å²) in [5, 5.41) is 22.4. The number of aromatic nitrogens is 2. The molecule has 0 amide bonds. The molecule has 140 valence electrons. The Labute approximate surface area is 163 Å². The van der Waals surface area contributed by atoms with Crippen molar-refractivity contribution in [2.24, 2.45) is 0 Å². The van der Waals surface area contributed by atoms with Crippen LogP contribution < -0.4 is 0 Å². The molecule has 0 saturated carbocycles. The van der Waals surface area contributed by atoms with Gasteiger partial charge in [-0.1, -0.05) is 34.5 Å². The lowest BCUT2D eigenvalue weighted by Crippen LogP contribution is -2.10. The summed E-state index contributed by atoms with van der Waals surface area (Å²) in [7, 11) is 0. The number of benzene rings is 2. The van der Waals surface area contributed by atoms with E-state index in [4.69, 9.17) is 11.6 Å². The topological polar surface area (TPSA) is 98.3 Å². The first-order chi connectivity index (χ1) is 13.4. The molecule has 0 unspecified atom stereocenters. The summed E-state index contributed by atoms with van der Waals surface area (Å²) in [6.07, 6.45) is 1.38. The molecule has 0 radical (unpaired) electrons. The number of nitro groups is 1. The molecule has 7 nitrogen and oxygen atoms in total. The summed E-state index contributed by atoms with van der Waals surface area (Å²) < 4.78 is 0.998. The molecule has 0 spiro atoms. The summed E-state index contributed by atoms with van der Waals surface area (Å²) in [4.78, 5) is 27.4. The van der Waals surface area contributed by atoms with Crippen molar-refractivity contribution >= 4 is 39.4 Å². The predicted octanol–water partition coefficient (Wildman–Crippen LogP) is 4.49. The van der Waals surface area contributed by atoms with Gasteiger partial charge < -0.3 is 5.11 Å². The van der Waals surface area contributed by atoms with Gasteiger partial charge >= 0.3 is 5.97 Å². The van der Waals surface area contributed by atoms with Crippen LogP contribution >= 0.6 is 11.6 Å². The summed E-state index contributed by atoms with van der Waals surface area (Å²) >= 11 is 6.07. The van der Waals surface area contributed by atoms with E-state index in [-0.39, 0.29) is 6.42 Å². The zero-order valence-corrected chi connectivity index (χ0v) is 15.5. The number of carbonyl (C=O) groups is 1. The second-order valence-electron chi connectivity index (χ2n) is 6.41. The highest BCUT2D eigenvalue weighted by molar-refractivity contribution is 6.31. The van der Waals surface area contributed by atoms with Gasteiger partial charge in [-0.25, -0.2) is 10.1 Å². The van der Waals surface area contributed by atoms with E-state index in [2.05, 4.69) is 4.98 Å². The van der Waals surface area contributed by atoms with Crippen LogP contribution in [0, 0.1) is 17.0 Å². The van der Waals surface area contributed by atoms with Crippen molar-refractivity contribution in [1.82, 2.24) is 9.66 Å². The van der Waals surface area contributed by atoms with Gasteiger partial charge in [0.15, 0.2) is 5.03 Å². The number of pyridine rings is 1. The highest BCUT2D eigenvalue weighted by atomic mass is 35.5. The third kappa shape index (κ3) is 2.76. The summed E-state index contributed by atoms with van der Waals surface area (Å²) in [6, 6.07) is 12.0. The second-order valence-corrected chi connectivity index (χ2v) is 6.85. The highest BCUT2D eigenvalue weighted by Gasteiger charge is 2.25. The largest absolute Gasteiger partial charge is 0.481 e. The molecule has 0 atom stereocenters. The molecule has 0 bridgehead atoms. The Hall–Kier alpha value is -3.45. The van der Waals surface area contributed by atoms with Gasteiger partial charge in [-0.2, -0.15) is 0 Å². The second kappa shape index (κ2) is 6.61. The Morgan fingerprint density at radius 1 is 1.29 bits per heavy atom. The van der Waals surface area contributed by atoms with E-state index < -0.39 is 11.0 Å². The van der Waals surface area contributed by atoms with Gasteiger partial charge in [0.05, 0.1) is 17.6 Å². The molecule has 4 rings (SSSR count). The lowest BCUT2D eigenvalue weighted by Gasteiger charge is -2.09. The van der Waals surface area contributed by atoms with Crippen molar-refractivity contribution in [3.8, 4) is 11.1 Å². The number of carboxylic acids is 1. The van der Waals surface area contributed by atoms with E-state index in [9.17, 15) is 20.0 Å². The van der Waals surface area contributed by atoms with Gasteiger partial charge in [0.2, 0.25) is 0 Å². The van der Waals surface area contributed by atoms with Crippen LogP contribution in [0.5, 0.6) is 0 Å². The normalized spacial score (nSPS) is 11.2. The first-order valence-corrected chi connectivity index (χ1v) is 8.80. The quantitative estimate of drug-likeness (QED) is 0.405. The minimum Gasteiger partial charge on any atom is -0.481 e. The maximum absolute atomic E-state index is 11.7. The SMILES string of the molecule is Cc1c(-c2ccnc3cc(Cl)ccc23)c2c(CC(=O)O)cccc2n1[N+](=O)[O-]. The Morgan fingerprint density at radius 2 is 2.07 bits per heavy atom. The van der Waals surface area contributed by atoms with E-state index in [0.717, 1.165) is 15.6 Å². The number of halogens is 1. The summed E-state index contributed by atoms with van der Waals surface area (Å²) in [5.74, 6) is -1.00. The van der Waals surface area contributed by atoms with Gasteiger partial charge in [-0.3, -0.25) is 9.78 Å². The lowest BCUT2D eigenvalue weighted by molar-refractivity contribution is -0.538. The first-order valence-electron chi connectivity index (χ1n) is 8.42. The van der Waals surface area contributed by atoms with E-state index in [1.54, 1.807) is 49.5 Å². The smallest absolute Gasteiger partial charge is 0.307 e. The van der Waals surface area contributed by atoms with Gasteiger partial charge in [0.25, 0.3) is 0 Å². The van der Waals surface area contributed by atoms with Crippen LogP contribution in [0.25, 0.3) is 32.9 Å². The number of nitrogens with zero attached hydrogens (tertiary/aromatic N) is 3. The van der Waals surface area contributed by atoms with E-state index in [0.29, 0.717) is 38.3 Å². The highest BCUT2D eigenvalue weighted by Crippen LogP contribution is 2.40. The van der Waals surface area contributed by atoms with Crippen LogP contribution in [0.4, 0.5) is 0 Å². The van der Waals surface area contributed by atoms with E-state index in [1.165, 1.54) is 0 Å². The number of hydrogen-bond acceptors (Lipinski definition) is 4. The number of rotatable bonds is 4. The third-order valence-electron chi connectivity index (χ3n) is 4.77. The predicted molar refractivity (Wildman–Crippen MR) is 106 cm³/mol. The molecule has 0 aliphatic rings. The fraction of sp³-hybridized carbons (Fsp3) is 0.100. The fourth-order valence-electron chi connectivity index (χ4n) is 3.71. The Morgan fingerprint density at radius 3 is 2.79 bits per heavy atom. The molecule has 1 N–H and O–H groups in total. The molecule has 28 heavy (non-hydrogen) atoms. The van der Waals surface area contributed by atoms with E-state index >= 15 is 0 Å². The zero-order chi connectivity index (χ0) is 20.0. The minimum absolute atomic E-state index is 0.236. The number of hydrogen-bond donors (Lipinski definition) is 1. The average molecular weight is 396 g/mol. The van der Waals surface area contributed by atoms with Crippen molar-refractivity contribution in [2.75, 3.05) is 0 Å². The first kappa shape index (κ1) is 17.9. The number of aliphatic carboxylic acids is 1. The summed E-state index contributed by atoms with van der Waals surface area (Å²) in [6.45, 7) is 1.66. The molecular weight excluding hydrogens is 382 g/mol. The third-order valence-corrected chi connectivity index (χ3v) is 5.00. The standard InChI is InChI=1S/C20H14ClN3O4/c1-11-19(15-7-8-22-16-10-13(21)5-6-14(15)16)20-12(9-18(25)26)3-2-4-17(20)23(11)24(27)28/h2-8,10H,9H2,1H3,(H,25,26). The number of carboxylic acid groups (broad SMARTS) is 1. The molecular formula is C20H14ClN3O4.